The number of fused-ring (bicyclic) bond motifs is 2. The van der Waals surface area contributed by atoms with Gasteiger partial charge in [0.05, 0.1) is 42.6 Å². The number of morpholine rings is 1. The van der Waals surface area contributed by atoms with Crippen molar-refractivity contribution in [2.45, 2.75) is 6.54 Å². The Hall–Kier alpha value is -4.17. The van der Waals surface area contributed by atoms with Crippen LogP contribution in [0.5, 0.6) is 0 Å². The number of nitrogens with one attached hydrogen (secondary N) is 1. The van der Waals surface area contributed by atoms with E-state index in [1.165, 1.54) is 7.11 Å². The van der Waals surface area contributed by atoms with E-state index >= 15 is 0 Å². The van der Waals surface area contributed by atoms with E-state index in [0.29, 0.717) is 40.7 Å². The molecule has 5 rings (SSSR count). The van der Waals surface area contributed by atoms with E-state index in [9.17, 15) is 14.4 Å². The summed E-state index contributed by atoms with van der Waals surface area (Å²) in [4.78, 5) is 40.8. The fourth-order valence-corrected chi connectivity index (χ4v) is 4.52. The lowest BCUT2D eigenvalue weighted by Crippen LogP contribution is -2.36. The summed E-state index contributed by atoms with van der Waals surface area (Å²) in [5.74, 6) is -0.858. The Kier molecular flexibility index (Phi) is 6.20. The molecule has 2 heterocycles. The van der Waals surface area contributed by atoms with Gasteiger partial charge in [-0.05, 0) is 42.5 Å². The summed E-state index contributed by atoms with van der Waals surface area (Å²) in [6.07, 6.45) is 0. The van der Waals surface area contributed by atoms with Crippen LogP contribution >= 0.6 is 0 Å². The maximum absolute atomic E-state index is 13.2. The Labute approximate surface area is 201 Å². The number of hydrogen-bond acceptors (Lipinski definition) is 6. The van der Waals surface area contributed by atoms with Crippen LogP contribution in [0.25, 0.3) is 21.8 Å². The molecule has 1 amide bonds. The summed E-state index contributed by atoms with van der Waals surface area (Å²) < 4.78 is 12.2. The van der Waals surface area contributed by atoms with Crippen molar-refractivity contribution in [1.29, 1.82) is 0 Å². The molecule has 1 aromatic heterocycles. The molecular weight excluding hydrogens is 446 g/mol. The minimum atomic E-state index is -0.533. The van der Waals surface area contributed by atoms with E-state index in [2.05, 4.69) is 10.2 Å². The third kappa shape index (κ3) is 4.36. The lowest BCUT2D eigenvalue weighted by atomic mass is 10.1. The smallest absolute Gasteiger partial charge is 0.340 e. The number of rotatable bonds is 5. The van der Waals surface area contributed by atoms with Crippen LogP contribution < -0.4 is 15.6 Å². The van der Waals surface area contributed by atoms with Crippen LogP contribution in [0.3, 0.4) is 0 Å². The normalized spacial score (nSPS) is 13.7. The molecule has 0 atom stereocenters. The van der Waals surface area contributed by atoms with Crippen molar-refractivity contribution < 1.29 is 19.1 Å². The Morgan fingerprint density at radius 2 is 1.57 bits per heavy atom. The van der Waals surface area contributed by atoms with E-state index in [1.54, 1.807) is 24.3 Å². The quantitative estimate of drug-likeness (QED) is 0.354. The molecule has 1 aliphatic rings. The maximum atomic E-state index is 13.2. The summed E-state index contributed by atoms with van der Waals surface area (Å²) in [7, 11) is 1.31. The second-order valence-electron chi connectivity index (χ2n) is 8.32. The largest absolute Gasteiger partial charge is 0.465 e. The first-order valence-electron chi connectivity index (χ1n) is 11.4. The van der Waals surface area contributed by atoms with E-state index in [-0.39, 0.29) is 23.4 Å². The Balaban J connectivity index is 1.49. The number of carbonyl (C=O) groups is 2. The molecule has 0 saturated carbocycles. The number of anilines is 2. The number of para-hydroxylation sites is 2. The molecule has 0 aliphatic carbocycles. The van der Waals surface area contributed by atoms with Crippen molar-refractivity contribution in [3.8, 4) is 0 Å². The van der Waals surface area contributed by atoms with Gasteiger partial charge in [0, 0.05) is 29.5 Å². The van der Waals surface area contributed by atoms with Gasteiger partial charge in [0.15, 0.2) is 5.43 Å². The number of carbonyl (C=O) groups excluding carboxylic acids is 2. The summed E-state index contributed by atoms with van der Waals surface area (Å²) >= 11 is 0. The summed E-state index contributed by atoms with van der Waals surface area (Å²) in [5.41, 5.74) is 2.78. The zero-order chi connectivity index (χ0) is 24.4. The van der Waals surface area contributed by atoms with Gasteiger partial charge < -0.3 is 24.3 Å². The second-order valence-corrected chi connectivity index (χ2v) is 8.32. The highest BCUT2D eigenvalue weighted by atomic mass is 16.5. The first kappa shape index (κ1) is 22.6. The molecular formula is C27H25N3O5. The molecule has 178 valence electrons. The topological polar surface area (TPSA) is 89.9 Å². The third-order valence-electron chi connectivity index (χ3n) is 6.24. The Morgan fingerprint density at radius 3 is 2.20 bits per heavy atom. The van der Waals surface area contributed by atoms with Crippen molar-refractivity contribution in [3.05, 3.63) is 82.5 Å². The van der Waals surface area contributed by atoms with E-state index in [0.717, 1.165) is 18.8 Å². The van der Waals surface area contributed by atoms with Gasteiger partial charge in [-0.15, -0.1) is 0 Å². The van der Waals surface area contributed by atoms with Gasteiger partial charge in [-0.25, -0.2) is 4.79 Å². The van der Waals surface area contributed by atoms with Gasteiger partial charge in [-0.3, -0.25) is 9.59 Å². The molecule has 1 fully saturated rings. The van der Waals surface area contributed by atoms with Crippen LogP contribution in [-0.2, 0) is 20.8 Å². The SMILES string of the molecule is COC(=O)c1cc(N2CCOCC2)ccc1NC(=O)Cn1c2ccccc2c(=O)c2ccccc21. The molecule has 8 nitrogen and oxygen atoms in total. The second kappa shape index (κ2) is 9.60. The first-order valence-corrected chi connectivity index (χ1v) is 11.4. The molecule has 35 heavy (non-hydrogen) atoms. The fourth-order valence-electron chi connectivity index (χ4n) is 4.52. The van der Waals surface area contributed by atoms with Crippen LogP contribution in [-0.4, -0.2) is 49.9 Å². The van der Waals surface area contributed by atoms with Crippen LogP contribution in [0.15, 0.2) is 71.5 Å². The van der Waals surface area contributed by atoms with E-state index in [4.69, 9.17) is 9.47 Å². The standard InChI is InChI=1S/C27H25N3O5/c1-34-27(33)21-16-18(29-12-14-35-15-13-29)10-11-22(21)28-25(31)17-30-23-8-4-2-6-19(23)26(32)20-7-3-5-9-24(20)30/h2-11,16H,12-15,17H2,1H3,(H,28,31). The van der Waals surface area contributed by atoms with Gasteiger partial charge >= 0.3 is 5.97 Å². The molecule has 1 aliphatic heterocycles. The van der Waals surface area contributed by atoms with Gasteiger partial charge in [-0.1, -0.05) is 24.3 Å². The van der Waals surface area contributed by atoms with Crippen LogP contribution in [0.2, 0.25) is 0 Å². The number of aromatic nitrogens is 1. The van der Waals surface area contributed by atoms with E-state index in [1.807, 2.05) is 47.0 Å². The highest BCUT2D eigenvalue weighted by Gasteiger charge is 2.19. The highest BCUT2D eigenvalue weighted by molar-refractivity contribution is 6.03. The average molecular weight is 472 g/mol. The van der Waals surface area contributed by atoms with Crippen LogP contribution in [0.1, 0.15) is 10.4 Å². The molecule has 8 heteroatoms. The number of benzene rings is 3. The molecule has 4 aromatic rings. The number of methoxy groups -OCH3 is 1. The average Bonchev–Trinajstić information content (AvgIpc) is 2.91. The summed E-state index contributed by atoms with van der Waals surface area (Å²) in [6, 6.07) is 19.8. The third-order valence-corrected chi connectivity index (χ3v) is 6.24. The lowest BCUT2D eigenvalue weighted by molar-refractivity contribution is -0.116. The molecule has 3 aromatic carbocycles. The molecule has 1 saturated heterocycles. The number of ether oxygens (including phenoxy) is 2. The number of esters is 1. The minimum Gasteiger partial charge on any atom is -0.465 e. The van der Waals surface area contributed by atoms with E-state index < -0.39 is 5.97 Å². The summed E-state index contributed by atoms with van der Waals surface area (Å²) in [5, 5.41) is 3.96. The zero-order valence-electron chi connectivity index (χ0n) is 19.3. The monoisotopic (exact) mass is 471 g/mol. The van der Waals surface area contributed by atoms with Gasteiger partial charge in [0.2, 0.25) is 5.91 Å². The molecule has 0 unspecified atom stereocenters. The first-order chi connectivity index (χ1) is 17.1. The maximum Gasteiger partial charge on any atom is 0.340 e. The van der Waals surface area contributed by atoms with Crippen molar-refractivity contribution in [2.24, 2.45) is 0 Å². The fraction of sp³-hybridized carbons (Fsp3) is 0.222. The highest BCUT2D eigenvalue weighted by Crippen LogP contribution is 2.26. The van der Waals surface area contributed by atoms with Crippen molar-refractivity contribution in [1.82, 2.24) is 4.57 Å². The zero-order valence-corrected chi connectivity index (χ0v) is 19.3. The van der Waals surface area contributed by atoms with Gasteiger partial charge in [0.25, 0.3) is 0 Å². The lowest BCUT2D eigenvalue weighted by Gasteiger charge is -2.29. The molecule has 1 N–H and O–H groups in total. The molecule has 0 spiro atoms. The van der Waals surface area contributed by atoms with Crippen molar-refractivity contribution in [2.75, 3.05) is 43.6 Å². The number of pyridine rings is 1. The molecule has 0 bridgehead atoms. The number of hydrogen-bond donors (Lipinski definition) is 1. The van der Waals surface area contributed by atoms with Gasteiger partial charge in [0.1, 0.15) is 6.54 Å². The predicted octanol–water partition coefficient (Wildman–Crippen LogP) is 3.42. The molecule has 0 radical (unpaired) electrons. The minimum absolute atomic E-state index is 0.0346. The Bertz CT molecular complexity index is 1430. The number of amides is 1. The predicted molar refractivity (Wildman–Crippen MR) is 135 cm³/mol. The van der Waals surface area contributed by atoms with Crippen LogP contribution in [0, 0.1) is 0 Å². The van der Waals surface area contributed by atoms with Crippen molar-refractivity contribution >= 4 is 45.1 Å². The summed E-state index contributed by atoms with van der Waals surface area (Å²) in [6.45, 7) is 2.64. The number of nitrogens with zero attached hydrogens (tertiary/aromatic N) is 2. The Morgan fingerprint density at radius 1 is 0.943 bits per heavy atom. The van der Waals surface area contributed by atoms with Gasteiger partial charge in [-0.2, -0.15) is 0 Å². The van der Waals surface area contributed by atoms with Crippen LogP contribution in [0.4, 0.5) is 11.4 Å². The van der Waals surface area contributed by atoms with Crippen molar-refractivity contribution in [3.63, 3.8) is 0 Å².